The highest BCUT2D eigenvalue weighted by Gasteiger charge is 2.30. The third kappa shape index (κ3) is 4.47. The lowest BCUT2D eigenvalue weighted by Gasteiger charge is -2.43. The fraction of sp³-hybridized carbons (Fsp3) is 0.500. The van der Waals surface area contributed by atoms with E-state index in [4.69, 9.17) is 0 Å². The maximum absolute atomic E-state index is 12.5. The number of likely N-dealkylation sites (tertiary alicyclic amines) is 1. The first-order valence-electron chi connectivity index (χ1n) is 9.00. The first-order chi connectivity index (χ1) is 12.0. The molecular weight excluding hydrogens is 330 g/mol. The Bertz CT molecular complexity index is 711. The van der Waals surface area contributed by atoms with Gasteiger partial charge in [-0.3, -0.25) is 9.69 Å². The van der Waals surface area contributed by atoms with E-state index >= 15 is 0 Å². The number of piperidine rings is 1. The lowest BCUT2D eigenvalue weighted by Crippen LogP contribution is -2.54. The van der Waals surface area contributed by atoms with Crippen LogP contribution in [0.4, 0.5) is 0 Å². The number of nitrogens with one attached hydrogen (secondary N) is 1. The third-order valence-electron chi connectivity index (χ3n) is 4.94. The average Bonchev–Trinajstić information content (AvgIpc) is 3.11. The van der Waals surface area contributed by atoms with Crippen LogP contribution in [-0.4, -0.2) is 41.0 Å². The summed E-state index contributed by atoms with van der Waals surface area (Å²) in [7, 11) is 0. The standard InChI is InChI=1S/C20H27N3OS/c1-15-8-7-11-23(13-15)20(2,3)14-22-18(24)17-12-21-19(25-17)16-9-5-4-6-10-16/h4-6,9-10,12,15H,7-8,11,13-14H2,1-3H3,(H,22,24). The topological polar surface area (TPSA) is 45.2 Å². The Balaban J connectivity index is 1.60. The number of benzene rings is 1. The second-order valence-corrected chi connectivity index (χ2v) is 8.61. The maximum atomic E-state index is 12.5. The highest BCUT2D eigenvalue weighted by atomic mass is 32.1. The number of carbonyl (C=O) groups excluding carboxylic acids is 1. The molecule has 134 valence electrons. The summed E-state index contributed by atoms with van der Waals surface area (Å²) in [6, 6.07) is 9.98. The zero-order valence-electron chi connectivity index (χ0n) is 15.3. The number of hydrogen-bond donors (Lipinski definition) is 1. The van der Waals surface area contributed by atoms with Crippen LogP contribution in [0.15, 0.2) is 36.5 Å². The van der Waals surface area contributed by atoms with Gasteiger partial charge in [-0.2, -0.15) is 0 Å². The van der Waals surface area contributed by atoms with Gasteiger partial charge in [0, 0.05) is 24.2 Å². The first-order valence-corrected chi connectivity index (χ1v) is 9.82. The molecule has 1 aromatic heterocycles. The van der Waals surface area contributed by atoms with Gasteiger partial charge in [0.1, 0.15) is 9.88 Å². The second-order valence-electron chi connectivity index (χ2n) is 7.58. The van der Waals surface area contributed by atoms with Crippen molar-refractivity contribution in [3.63, 3.8) is 0 Å². The Hall–Kier alpha value is -1.72. The minimum Gasteiger partial charge on any atom is -0.349 e. The van der Waals surface area contributed by atoms with Crippen molar-refractivity contribution in [1.29, 1.82) is 0 Å². The van der Waals surface area contributed by atoms with E-state index in [-0.39, 0.29) is 11.4 Å². The molecule has 1 amide bonds. The Morgan fingerprint density at radius 2 is 2.12 bits per heavy atom. The molecule has 0 saturated carbocycles. The van der Waals surface area contributed by atoms with Crippen LogP contribution in [0, 0.1) is 5.92 Å². The lowest BCUT2D eigenvalue weighted by molar-refractivity contribution is 0.0658. The zero-order chi connectivity index (χ0) is 17.9. The van der Waals surface area contributed by atoms with E-state index in [1.165, 1.54) is 24.2 Å². The van der Waals surface area contributed by atoms with Gasteiger partial charge in [-0.15, -0.1) is 11.3 Å². The Kier molecular flexibility index (Phi) is 5.54. The van der Waals surface area contributed by atoms with Gasteiger partial charge in [0.15, 0.2) is 0 Å². The number of rotatable bonds is 5. The smallest absolute Gasteiger partial charge is 0.263 e. The minimum absolute atomic E-state index is 0.0298. The molecule has 3 rings (SSSR count). The quantitative estimate of drug-likeness (QED) is 0.878. The molecule has 2 aromatic rings. The van der Waals surface area contributed by atoms with Crippen molar-refractivity contribution in [3.05, 3.63) is 41.4 Å². The fourth-order valence-electron chi connectivity index (χ4n) is 3.33. The summed E-state index contributed by atoms with van der Waals surface area (Å²) in [6.45, 7) is 9.62. The predicted octanol–water partition coefficient (Wildman–Crippen LogP) is 4.05. The zero-order valence-corrected chi connectivity index (χ0v) is 16.1. The summed E-state index contributed by atoms with van der Waals surface area (Å²) < 4.78 is 0. The van der Waals surface area contributed by atoms with Crippen molar-refractivity contribution in [3.8, 4) is 10.6 Å². The molecule has 1 N–H and O–H groups in total. The van der Waals surface area contributed by atoms with Gasteiger partial charge in [-0.1, -0.05) is 37.3 Å². The molecule has 0 bridgehead atoms. The SMILES string of the molecule is CC1CCCN(C(C)(C)CNC(=O)c2cnc(-c3ccccc3)s2)C1. The maximum Gasteiger partial charge on any atom is 0.263 e. The summed E-state index contributed by atoms with van der Waals surface area (Å²) in [5.74, 6) is 0.705. The molecule has 1 aliphatic rings. The van der Waals surface area contributed by atoms with Gasteiger partial charge < -0.3 is 5.32 Å². The molecule has 1 unspecified atom stereocenters. The van der Waals surface area contributed by atoms with Gasteiger partial charge >= 0.3 is 0 Å². The van der Waals surface area contributed by atoms with Gasteiger partial charge in [0.25, 0.3) is 5.91 Å². The lowest BCUT2D eigenvalue weighted by atomic mass is 9.93. The number of nitrogens with zero attached hydrogens (tertiary/aromatic N) is 2. The number of amides is 1. The van der Waals surface area contributed by atoms with E-state index in [1.54, 1.807) is 6.20 Å². The Morgan fingerprint density at radius 1 is 1.36 bits per heavy atom. The summed E-state index contributed by atoms with van der Waals surface area (Å²) in [4.78, 5) is 20.1. The van der Waals surface area contributed by atoms with Crippen LogP contribution in [-0.2, 0) is 0 Å². The fourth-order valence-corrected chi connectivity index (χ4v) is 4.17. The molecule has 4 nitrogen and oxygen atoms in total. The summed E-state index contributed by atoms with van der Waals surface area (Å²) in [5, 5.41) is 3.99. The number of aromatic nitrogens is 1. The van der Waals surface area contributed by atoms with Crippen LogP contribution in [0.2, 0.25) is 0 Å². The Morgan fingerprint density at radius 3 is 2.84 bits per heavy atom. The van der Waals surface area contributed by atoms with E-state index in [9.17, 15) is 4.79 Å². The molecule has 1 saturated heterocycles. The molecule has 2 heterocycles. The van der Waals surface area contributed by atoms with E-state index in [0.717, 1.165) is 29.6 Å². The molecular formula is C20H27N3OS. The predicted molar refractivity (Wildman–Crippen MR) is 104 cm³/mol. The van der Waals surface area contributed by atoms with Gasteiger partial charge in [0.2, 0.25) is 0 Å². The average molecular weight is 358 g/mol. The summed E-state index contributed by atoms with van der Waals surface area (Å²) in [6.07, 6.45) is 4.23. The molecule has 1 aromatic carbocycles. The van der Waals surface area contributed by atoms with Crippen molar-refractivity contribution in [2.75, 3.05) is 19.6 Å². The largest absolute Gasteiger partial charge is 0.349 e. The normalized spacial score (nSPS) is 18.9. The van der Waals surface area contributed by atoms with Crippen LogP contribution < -0.4 is 5.32 Å². The molecule has 0 radical (unpaired) electrons. The van der Waals surface area contributed by atoms with Crippen molar-refractivity contribution >= 4 is 17.2 Å². The first kappa shape index (κ1) is 18.1. The molecule has 0 aliphatic carbocycles. The molecule has 0 spiro atoms. The third-order valence-corrected chi connectivity index (χ3v) is 5.99. The van der Waals surface area contributed by atoms with Crippen LogP contribution >= 0.6 is 11.3 Å². The number of thiazole rings is 1. The highest BCUT2D eigenvalue weighted by Crippen LogP contribution is 2.26. The summed E-state index contributed by atoms with van der Waals surface area (Å²) in [5.41, 5.74) is 1.02. The van der Waals surface area contributed by atoms with Gasteiger partial charge in [-0.05, 0) is 39.2 Å². The van der Waals surface area contributed by atoms with Crippen LogP contribution in [0.1, 0.15) is 43.3 Å². The van der Waals surface area contributed by atoms with E-state index in [0.29, 0.717) is 11.4 Å². The molecule has 1 atom stereocenters. The van der Waals surface area contributed by atoms with Crippen LogP contribution in [0.5, 0.6) is 0 Å². The number of hydrogen-bond acceptors (Lipinski definition) is 4. The Labute approximate surface area is 154 Å². The second kappa shape index (κ2) is 7.67. The van der Waals surface area contributed by atoms with Gasteiger partial charge in [0.05, 0.1) is 6.20 Å². The van der Waals surface area contributed by atoms with Crippen molar-refractivity contribution in [2.24, 2.45) is 5.92 Å². The van der Waals surface area contributed by atoms with Crippen LogP contribution in [0.3, 0.4) is 0 Å². The van der Waals surface area contributed by atoms with Crippen molar-refractivity contribution in [1.82, 2.24) is 15.2 Å². The molecule has 1 aliphatic heterocycles. The molecule has 25 heavy (non-hydrogen) atoms. The van der Waals surface area contributed by atoms with Crippen molar-refractivity contribution in [2.45, 2.75) is 39.2 Å². The molecule has 5 heteroatoms. The monoisotopic (exact) mass is 357 g/mol. The highest BCUT2D eigenvalue weighted by molar-refractivity contribution is 7.16. The molecule has 1 fully saturated rings. The summed E-state index contributed by atoms with van der Waals surface area (Å²) >= 11 is 1.44. The van der Waals surface area contributed by atoms with Crippen molar-refractivity contribution < 1.29 is 4.79 Å². The van der Waals surface area contributed by atoms with E-state index in [2.05, 4.69) is 36.0 Å². The van der Waals surface area contributed by atoms with Gasteiger partial charge in [-0.25, -0.2) is 4.98 Å². The number of carbonyl (C=O) groups is 1. The van der Waals surface area contributed by atoms with Crippen LogP contribution in [0.25, 0.3) is 10.6 Å². The minimum atomic E-state index is -0.0305. The van der Waals surface area contributed by atoms with E-state index in [1.807, 2.05) is 30.3 Å². The van der Waals surface area contributed by atoms with E-state index < -0.39 is 0 Å².